The van der Waals surface area contributed by atoms with Gasteiger partial charge in [-0.25, -0.2) is 0 Å². The Hall–Kier alpha value is -2.18. The second-order valence-corrected chi connectivity index (χ2v) is 4.48. The molecule has 0 radical (unpaired) electrons. The molecule has 0 aromatic carbocycles. The number of nitrogens with one attached hydrogen (secondary N) is 1. The van der Waals surface area contributed by atoms with Crippen LogP contribution in [-0.2, 0) is 17.8 Å². The first kappa shape index (κ1) is 14.2. The molecule has 0 bridgehead atoms. The predicted octanol–water partition coefficient (Wildman–Crippen LogP) is 0.804. The van der Waals surface area contributed by atoms with Crippen LogP contribution in [0, 0.1) is 0 Å². The van der Waals surface area contributed by atoms with E-state index in [0.717, 1.165) is 12.4 Å². The largest absolute Gasteiger partial charge is 0.354 e. The summed E-state index contributed by atoms with van der Waals surface area (Å²) >= 11 is 0. The maximum absolute atomic E-state index is 12.1. The molecular weight excluding hydrogens is 256 g/mol. The molecule has 20 heavy (non-hydrogen) atoms. The highest BCUT2D eigenvalue weighted by Crippen LogP contribution is 2.09. The maximum atomic E-state index is 12.1. The van der Waals surface area contributed by atoms with E-state index in [9.17, 15) is 4.79 Å². The van der Waals surface area contributed by atoms with Crippen LogP contribution in [0.4, 0.5) is 0 Å². The summed E-state index contributed by atoms with van der Waals surface area (Å²) in [6.07, 6.45) is 6.57. The molecule has 0 spiro atoms. The molecule has 1 amide bonds. The molecule has 2 aromatic heterocycles. The summed E-state index contributed by atoms with van der Waals surface area (Å²) in [6, 6.07) is 1.56. The number of hydrogen-bond acceptors (Lipinski definition) is 4. The first-order valence-corrected chi connectivity index (χ1v) is 6.89. The highest BCUT2D eigenvalue weighted by molar-refractivity contribution is 5.80. The van der Waals surface area contributed by atoms with Gasteiger partial charge in [0.15, 0.2) is 0 Å². The summed E-state index contributed by atoms with van der Waals surface area (Å²) < 4.78 is 3.65. The van der Waals surface area contributed by atoms with Crippen molar-refractivity contribution in [2.75, 3.05) is 6.54 Å². The van der Waals surface area contributed by atoms with Gasteiger partial charge in [-0.2, -0.15) is 5.10 Å². The van der Waals surface area contributed by atoms with Gasteiger partial charge in [0.2, 0.25) is 5.91 Å². The summed E-state index contributed by atoms with van der Waals surface area (Å²) in [4.78, 5) is 12.1. The minimum Gasteiger partial charge on any atom is -0.354 e. The summed E-state index contributed by atoms with van der Waals surface area (Å²) in [7, 11) is 0. The van der Waals surface area contributed by atoms with Crippen molar-refractivity contribution in [3.63, 3.8) is 0 Å². The number of carbonyl (C=O) groups is 1. The molecule has 0 aliphatic rings. The zero-order valence-electron chi connectivity index (χ0n) is 11.9. The predicted molar refractivity (Wildman–Crippen MR) is 74.0 cm³/mol. The van der Waals surface area contributed by atoms with Crippen LogP contribution in [0.5, 0.6) is 0 Å². The molecular formula is C13H20N6O. The van der Waals surface area contributed by atoms with E-state index in [1.54, 1.807) is 17.2 Å². The van der Waals surface area contributed by atoms with Gasteiger partial charge in [-0.05, 0) is 19.4 Å². The van der Waals surface area contributed by atoms with Crippen molar-refractivity contribution < 1.29 is 4.79 Å². The van der Waals surface area contributed by atoms with Crippen molar-refractivity contribution in [3.8, 4) is 0 Å². The quantitative estimate of drug-likeness (QED) is 0.811. The molecule has 7 heteroatoms. The van der Waals surface area contributed by atoms with E-state index in [1.807, 2.05) is 30.7 Å². The van der Waals surface area contributed by atoms with Crippen LogP contribution in [0.15, 0.2) is 24.8 Å². The second-order valence-electron chi connectivity index (χ2n) is 4.48. The number of carbonyl (C=O) groups excluding carboxylic acids is 1. The highest BCUT2D eigenvalue weighted by atomic mass is 16.2. The molecule has 2 heterocycles. The van der Waals surface area contributed by atoms with Crippen molar-refractivity contribution in [2.24, 2.45) is 0 Å². The first-order chi connectivity index (χ1) is 9.76. The van der Waals surface area contributed by atoms with Crippen LogP contribution in [0.1, 0.15) is 32.1 Å². The van der Waals surface area contributed by atoms with Gasteiger partial charge in [-0.1, -0.05) is 6.92 Å². The molecule has 0 saturated heterocycles. The zero-order chi connectivity index (χ0) is 14.4. The lowest BCUT2D eigenvalue weighted by Gasteiger charge is -2.15. The van der Waals surface area contributed by atoms with Gasteiger partial charge >= 0.3 is 0 Å². The van der Waals surface area contributed by atoms with Crippen LogP contribution in [0.2, 0.25) is 0 Å². The van der Waals surface area contributed by atoms with Crippen molar-refractivity contribution in [1.82, 2.24) is 29.9 Å². The molecule has 0 aliphatic carbocycles. The Bertz CT molecular complexity index is 533. The number of aryl methyl sites for hydroxylation is 1. The summed E-state index contributed by atoms with van der Waals surface area (Å²) in [5, 5.41) is 15.0. The Morgan fingerprint density at radius 2 is 2.30 bits per heavy atom. The van der Waals surface area contributed by atoms with Crippen molar-refractivity contribution in [3.05, 3.63) is 30.6 Å². The van der Waals surface area contributed by atoms with Gasteiger partial charge in [0.05, 0.1) is 0 Å². The normalized spacial score (nSPS) is 12.3. The Balaban J connectivity index is 1.86. The smallest absolute Gasteiger partial charge is 0.244 e. The number of aromatic nitrogens is 5. The fraction of sp³-hybridized carbons (Fsp3) is 0.538. The van der Waals surface area contributed by atoms with E-state index in [2.05, 4.69) is 20.6 Å². The fourth-order valence-corrected chi connectivity index (χ4v) is 2.11. The highest BCUT2D eigenvalue weighted by Gasteiger charge is 2.18. The minimum absolute atomic E-state index is 0.0150. The van der Waals surface area contributed by atoms with Crippen molar-refractivity contribution in [1.29, 1.82) is 0 Å². The van der Waals surface area contributed by atoms with Crippen molar-refractivity contribution >= 4 is 5.91 Å². The molecule has 1 atom stereocenters. The van der Waals surface area contributed by atoms with Gasteiger partial charge in [-0.3, -0.25) is 9.48 Å². The van der Waals surface area contributed by atoms with E-state index < -0.39 is 0 Å². The molecule has 1 unspecified atom stereocenters. The lowest BCUT2D eigenvalue weighted by Crippen LogP contribution is -2.34. The van der Waals surface area contributed by atoms with Crippen LogP contribution < -0.4 is 5.32 Å². The van der Waals surface area contributed by atoms with E-state index >= 15 is 0 Å². The number of hydrogen-bond donors (Lipinski definition) is 1. The lowest BCUT2D eigenvalue weighted by molar-refractivity contribution is -0.124. The van der Waals surface area contributed by atoms with Crippen LogP contribution >= 0.6 is 0 Å². The first-order valence-electron chi connectivity index (χ1n) is 6.89. The third-order valence-corrected chi connectivity index (χ3v) is 3.22. The Morgan fingerprint density at radius 1 is 1.45 bits per heavy atom. The van der Waals surface area contributed by atoms with Gasteiger partial charge in [0.1, 0.15) is 18.2 Å². The summed E-state index contributed by atoms with van der Waals surface area (Å²) in [6.45, 7) is 5.40. The summed E-state index contributed by atoms with van der Waals surface area (Å²) in [5.41, 5.74) is 0. The van der Waals surface area contributed by atoms with E-state index in [1.165, 1.54) is 0 Å². The second kappa shape index (κ2) is 6.83. The van der Waals surface area contributed by atoms with Crippen LogP contribution in [-0.4, -0.2) is 37.0 Å². The average Bonchev–Trinajstić information content (AvgIpc) is 3.10. The van der Waals surface area contributed by atoms with Crippen LogP contribution in [0.3, 0.4) is 0 Å². The SMILES string of the molecule is CCC(C(=O)NCCc1nncn1CC)n1cccn1. The molecule has 0 saturated carbocycles. The molecule has 108 valence electrons. The molecule has 7 nitrogen and oxygen atoms in total. The van der Waals surface area contributed by atoms with E-state index in [0.29, 0.717) is 19.4 Å². The lowest BCUT2D eigenvalue weighted by atomic mass is 10.2. The zero-order valence-corrected chi connectivity index (χ0v) is 11.9. The standard InChI is InChI=1S/C13H20N6O/c1-3-11(19-9-5-7-16-19)13(20)14-8-6-12-17-15-10-18(12)4-2/h5,7,9-11H,3-4,6,8H2,1-2H3,(H,14,20). The molecule has 0 fully saturated rings. The topological polar surface area (TPSA) is 77.6 Å². The Kier molecular flexibility index (Phi) is 4.86. The van der Waals surface area contributed by atoms with Gasteiger partial charge < -0.3 is 9.88 Å². The van der Waals surface area contributed by atoms with E-state index in [4.69, 9.17) is 0 Å². The molecule has 0 aliphatic heterocycles. The number of nitrogens with zero attached hydrogens (tertiary/aromatic N) is 5. The van der Waals surface area contributed by atoms with Crippen LogP contribution in [0.25, 0.3) is 0 Å². The molecule has 2 rings (SSSR count). The molecule has 1 N–H and O–H groups in total. The average molecular weight is 276 g/mol. The van der Waals surface area contributed by atoms with Gasteiger partial charge in [0, 0.05) is 31.9 Å². The van der Waals surface area contributed by atoms with Gasteiger partial charge in [0.25, 0.3) is 0 Å². The number of rotatable bonds is 7. The number of amides is 1. The van der Waals surface area contributed by atoms with E-state index in [-0.39, 0.29) is 11.9 Å². The monoisotopic (exact) mass is 276 g/mol. The minimum atomic E-state index is -0.256. The Labute approximate surface area is 118 Å². The maximum Gasteiger partial charge on any atom is 0.244 e. The Morgan fingerprint density at radius 3 is 2.95 bits per heavy atom. The molecule has 2 aromatic rings. The third-order valence-electron chi connectivity index (χ3n) is 3.22. The van der Waals surface area contributed by atoms with Gasteiger partial charge in [-0.15, -0.1) is 10.2 Å². The fourth-order valence-electron chi connectivity index (χ4n) is 2.11. The van der Waals surface area contributed by atoms with Crippen molar-refractivity contribution in [2.45, 2.75) is 39.3 Å². The summed E-state index contributed by atoms with van der Waals surface area (Å²) in [5.74, 6) is 0.874. The third kappa shape index (κ3) is 3.23.